The van der Waals surface area contributed by atoms with Crippen molar-refractivity contribution in [1.29, 1.82) is 0 Å². The fourth-order valence-electron chi connectivity index (χ4n) is 2.06. The van der Waals surface area contributed by atoms with E-state index in [-0.39, 0.29) is 11.5 Å². The van der Waals surface area contributed by atoms with E-state index in [0.29, 0.717) is 11.7 Å². The molecule has 1 atom stereocenters. The summed E-state index contributed by atoms with van der Waals surface area (Å²) in [6.45, 7) is 6.60. The zero-order valence-electron chi connectivity index (χ0n) is 11.0. The van der Waals surface area contributed by atoms with Crippen LogP contribution in [0.4, 0.5) is 5.82 Å². The number of hydrogen-bond donors (Lipinski definition) is 2. The van der Waals surface area contributed by atoms with Crippen LogP contribution in [0, 0.1) is 5.92 Å². The van der Waals surface area contributed by atoms with Crippen LogP contribution in [0.1, 0.15) is 38.4 Å². The summed E-state index contributed by atoms with van der Waals surface area (Å²) in [4.78, 5) is 18.6. The molecule has 0 saturated carbocycles. The predicted molar refractivity (Wildman–Crippen MR) is 71.0 cm³/mol. The molecule has 1 aliphatic heterocycles. The van der Waals surface area contributed by atoms with Gasteiger partial charge in [-0.2, -0.15) is 0 Å². The van der Waals surface area contributed by atoms with Crippen molar-refractivity contribution >= 4 is 5.82 Å². The van der Waals surface area contributed by atoms with Gasteiger partial charge in [-0.15, -0.1) is 0 Å². The maximum absolute atomic E-state index is 11.5. The van der Waals surface area contributed by atoms with Crippen LogP contribution in [0.15, 0.2) is 10.9 Å². The third-order valence-electron chi connectivity index (χ3n) is 3.19. The topological polar surface area (TPSA) is 67.0 Å². The number of ether oxygens (including phenoxy) is 1. The lowest BCUT2D eigenvalue weighted by Crippen LogP contribution is -2.16. The zero-order chi connectivity index (χ0) is 13.0. The van der Waals surface area contributed by atoms with Crippen molar-refractivity contribution in [2.24, 2.45) is 5.92 Å². The summed E-state index contributed by atoms with van der Waals surface area (Å²) in [6.07, 6.45) is 2.20. The molecule has 0 bridgehead atoms. The Bertz CT molecular complexity index is 436. The number of rotatable bonds is 5. The Morgan fingerprint density at radius 1 is 1.61 bits per heavy atom. The predicted octanol–water partition coefficient (Wildman–Crippen LogP) is 1.73. The van der Waals surface area contributed by atoms with E-state index in [1.807, 2.05) is 13.8 Å². The Morgan fingerprint density at radius 3 is 3.11 bits per heavy atom. The molecule has 1 aromatic rings. The summed E-state index contributed by atoms with van der Waals surface area (Å²) in [5.74, 6) is 2.27. The van der Waals surface area contributed by atoms with Crippen LogP contribution in [0.2, 0.25) is 0 Å². The molecule has 2 N–H and O–H groups in total. The molecule has 0 spiro atoms. The molecule has 2 heterocycles. The standard InChI is InChI=1S/C13H21N3O2/c1-9(2)13-15-11(7-12(17)16-13)14-5-3-10-4-6-18-8-10/h7,9-10H,3-6,8H2,1-2H3,(H2,14,15,16,17). The zero-order valence-corrected chi connectivity index (χ0v) is 11.0. The molecule has 18 heavy (non-hydrogen) atoms. The van der Waals surface area contributed by atoms with E-state index in [2.05, 4.69) is 15.3 Å². The monoisotopic (exact) mass is 251 g/mol. The largest absolute Gasteiger partial charge is 0.381 e. The fraction of sp³-hybridized carbons (Fsp3) is 0.692. The maximum Gasteiger partial charge on any atom is 0.252 e. The highest BCUT2D eigenvalue weighted by molar-refractivity contribution is 5.33. The van der Waals surface area contributed by atoms with Crippen molar-refractivity contribution < 1.29 is 4.74 Å². The molecule has 0 aliphatic carbocycles. The van der Waals surface area contributed by atoms with Crippen LogP contribution in [-0.2, 0) is 4.74 Å². The first-order chi connectivity index (χ1) is 8.65. The number of aromatic nitrogens is 2. The molecule has 2 rings (SSSR count). The highest BCUT2D eigenvalue weighted by Crippen LogP contribution is 2.16. The van der Waals surface area contributed by atoms with Crippen LogP contribution in [-0.4, -0.2) is 29.7 Å². The first-order valence-electron chi connectivity index (χ1n) is 6.58. The Hall–Kier alpha value is -1.36. The maximum atomic E-state index is 11.5. The van der Waals surface area contributed by atoms with Crippen molar-refractivity contribution in [2.75, 3.05) is 25.1 Å². The van der Waals surface area contributed by atoms with Gasteiger partial charge in [-0.3, -0.25) is 4.79 Å². The average molecular weight is 251 g/mol. The molecule has 1 fully saturated rings. The smallest absolute Gasteiger partial charge is 0.252 e. The van der Waals surface area contributed by atoms with Gasteiger partial charge in [0, 0.05) is 31.7 Å². The summed E-state index contributed by atoms with van der Waals surface area (Å²) >= 11 is 0. The van der Waals surface area contributed by atoms with Crippen LogP contribution >= 0.6 is 0 Å². The van der Waals surface area contributed by atoms with E-state index in [1.165, 1.54) is 6.07 Å². The third kappa shape index (κ3) is 3.57. The molecule has 1 aliphatic rings. The minimum atomic E-state index is -0.0969. The van der Waals surface area contributed by atoms with Gasteiger partial charge in [-0.1, -0.05) is 13.8 Å². The number of hydrogen-bond acceptors (Lipinski definition) is 4. The van der Waals surface area contributed by atoms with Gasteiger partial charge in [0.2, 0.25) is 0 Å². The molecule has 5 nitrogen and oxygen atoms in total. The van der Waals surface area contributed by atoms with Crippen molar-refractivity contribution in [2.45, 2.75) is 32.6 Å². The van der Waals surface area contributed by atoms with Crippen molar-refractivity contribution in [3.8, 4) is 0 Å². The number of H-pyrrole nitrogens is 1. The molecule has 0 radical (unpaired) electrons. The summed E-state index contributed by atoms with van der Waals surface area (Å²) in [6, 6.07) is 1.51. The Kier molecular flexibility index (Phi) is 4.36. The molecule has 0 aromatic carbocycles. The molecule has 1 unspecified atom stereocenters. The molecule has 5 heteroatoms. The summed E-state index contributed by atoms with van der Waals surface area (Å²) in [5.41, 5.74) is -0.0969. The molecule has 1 saturated heterocycles. The van der Waals surface area contributed by atoms with Crippen molar-refractivity contribution in [3.63, 3.8) is 0 Å². The third-order valence-corrected chi connectivity index (χ3v) is 3.19. The van der Waals surface area contributed by atoms with Crippen LogP contribution in [0.5, 0.6) is 0 Å². The number of aromatic amines is 1. The van der Waals surface area contributed by atoms with Gasteiger partial charge in [0.15, 0.2) is 0 Å². The second-order valence-corrected chi connectivity index (χ2v) is 5.12. The molecular weight excluding hydrogens is 230 g/mol. The average Bonchev–Trinajstić information content (AvgIpc) is 2.81. The second kappa shape index (κ2) is 6.00. The molecule has 1 aromatic heterocycles. The number of anilines is 1. The van der Waals surface area contributed by atoms with E-state index in [4.69, 9.17) is 4.74 Å². The van der Waals surface area contributed by atoms with Crippen molar-refractivity contribution in [3.05, 3.63) is 22.2 Å². The van der Waals surface area contributed by atoms with E-state index >= 15 is 0 Å². The minimum Gasteiger partial charge on any atom is -0.381 e. The quantitative estimate of drug-likeness (QED) is 0.836. The van der Waals surface area contributed by atoms with Crippen LogP contribution in [0.3, 0.4) is 0 Å². The van der Waals surface area contributed by atoms with Crippen molar-refractivity contribution in [1.82, 2.24) is 9.97 Å². The first-order valence-corrected chi connectivity index (χ1v) is 6.58. The van der Waals surface area contributed by atoms with Gasteiger partial charge in [-0.05, 0) is 18.8 Å². The molecule has 0 amide bonds. The van der Waals surface area contributed by atoms with Crippen LogP contribution in [0.25, 0.3) is 0 Å². The van der Waals surface area contributed by atoms with Gasteiger partial charge in [0.1, 0.15) is 11.6 Å². The lowest BCUT2D eigenvalue weighted by Gasteiger charge is -2.10. The van der Waals surface area contributed by atoms with Gasteiger partial charge >= 0.3 is 0 Å². The SMILES string of the molecule is CC(C)c1nc(NCCC2CCOC2)cc(=O)[nH]1. The summed E-state index contributed by atoms with van der Waals surface area (Å²) in [5, 5.41) is 3.22. The highest BCUT2D eigenvalue weighted by Gasteiger charge is 2.14. The lowest BCUT2D eigenvalue weighted by atomic mass is 10.1. The summed E-state index contributed by atoms with van der Waals surface area (Å²) < 4.78 is 5.33. The van der Waals surface area contributed by atoms with Gasteiger partial charge in [-0.25, -0.2) is 4.98 Å². The van der Waals surface area contributed by atoms with E-state index in [9.17, 15) is 4.79 Å². The second-order valence-electron chi connectivity index (χ2n) is 5.12. The minimum absolute atomic E-state index is 0.0969. The Balaban J connectivity index is 1.90. The van der Waals surface area contributed by atoms with E-state index in [0.717, 1.165) is 38.4 Å². The van der Waals surface area contributed by atoms with E-state index < -0.39 is 0 Å². The first kappa shape index (κ1) is 13.1. The van der Waals surface area contributed by atoms with Gasteiger partial charge < -0.3 is 15.0 Å². The Labute approximate surface area is 107 Å². The summed E-state index contributed by atoms with van der Waals surface area (Å²) in [7, 11) is 0. The highest BCUT2D eigenvalue weighted by atomic mass is 16.5. The van der Waals surface area contributed by atoms with E-state index in [1.54, 1.807) is 0 Å². The lowest BCUT2D eigenvalue weighted by molar-refractivity contribution is 0.185. The Morgan fingerprint density at radius 2 is 2.44 bits per heavy atom. The number of nitrogens with one attached hydrogen (secondary N) is 2. The van der Waals surface area contributed by atoms with Crippen LogP contribution < -0.4 is 10.9 Å². The van der Waals surface area contributed by atoms with Gasteiger partial charge in [0.05, 0.1) is 0 Å². The fourth-order valence-corrected chi connectivity index (χ4v) is 2.06. The molecular formula is C13H21N3O2. The normalized spacial score (nSPS) is 19.4. The molecule has 100 valence electrons. The van der Waals surface area contributed by atoms with Gasteiger partial charge in [0.25, 0.3) is 5.56 Å². The number of nitrogens with zero attached hydrogens (tertiary/aromatic N) is 1.